The summed E-state index contributed by atoms with van der Waals surface area (Å²) < 4.78 is 19.4. The van der Waals surface area contributed by atoms with Gasteiger partial charge in [0.05, 0.1) is 0 Å². The molecule has 0 aliphatic carbocycles. The van der Waals surface area contributed by atoms with Gasteiger partial charge in [-0.25, -0.2) is 4.39 Å². The molecule has 0 saturated carbocycles. The van der Waals surface area contributed by atoms with Gasteiger partial charge in [0, 0.05) is 15.6 Å². The molecule has 0 heterocycles. The van der Waals surface area contributed by atoms with Gasteiger partial charge in [-0.15, -0.1) is 0 Å². The summed E-state index contributed by atoms with van der Waals surface area (Å²) in [6.45, 7) is 0.341. The smallest absolute Gasteiger partial charge is 0.133 e. The van der Waals surface area contributed by atoms with Crippen molar-refractivity contribution in [2.75, 3.05) is 6.54 Å². The van der Waals surface area contributed by atoms with Crippen molar-refractivity contribution in [1.29, 1.82) is 0 Å². The van der Waals surface area contributed by atoms with Crippen LogP contribution in [0.4, 0.5) is 4.39 Å². The normalized spacial score (nSPS) is 10.5. The van der Waals surface area contributed by atoms with Crippen molar-refractivity contribution in [2.24, 2.45) is 5.73 Å². The van der Waals surface area contributed by atoms with Gasteiger partial charge in [-0.3, -0.25) is 0 Å². The Morgan fingerprint density at radius 1 is 1.11 bits per heavy atom. The van der Waals surface area contributed by atoms with Crippen molar-refractivity contribution >= 4 is 23.2 Å². The van der Waals surface area contributed by atoms with Crippen LogP contribution in [0.15, 0.2) is 36.4 Å². The van der Waals surface area contributed by atoms with Crippen molar-refractivity contribution in [3.63, 3.8) is 0 Å². The number of nitrogens with two attached hydrogens (primary N) is 1. The molecule has 100 valence electrons. The third-order valence-corrected chi connectivity index (χ3v) is 2.97. The Morgan fingerprint density at radius 2 is 1.79 bits per heavy atom. The molecule has 0 unspecified atom stereocenters. The van der Waals surface area contributed by atoms with Crippen LogP contribution in [0.2, 0.25) is 10.0 Å². The molecule has 0 radical (unpaired) electrons. The van der Waals surface area contributed by atoms with Gasteiger partial charge in [-0.05, 0) is 43.3 Å². The summed E-state index contributed by atoms with van der Waals surface area (Å²) in [5.74, 6) is 0.543. The molecule has 5 heteroatoms. The Labute approximate surface area is 120 Å². The van der Waals surface area contributed by atoms with E-state index in [4.69, 9.17) is 33.7 Å². The zero-order chi connectivity index (χ0) is 13.8. The second-order valence-electron chi connectivity index (χ2n) is 3.96. The van der Waals surface area contributed by atoms with E-state index in [2.05, 4.69) is 0 Å². The lowest BCUT2D eigenvalue weighted by Crippen LogP contribution is -2.06. The molecule has 19 heavy (non-hydrogen) atoms. The number of ether oxygens (including phenoxy) is 1. The molecule has 0 saturated heterocycles. The molecule has 0 fully saturated rings. The number of rotatable bonds is 4. The fourth-order valence-electron chi connectivity index (χ4n) is 1.74. The highest BCUT2D eigenvalue weighted by molar-refractivity contribution is 6.34. The average Bonchev–Trinajstić information content (AvgIpc) is 2.32. The zero-order valence-corrected chi connectivity index (χ0v) is 11.5. The zero-order valence-electron chi connectivity index (χ0n) is 10.00. The Bertz CT molecular complexity index is 569. The third kappa shape index (κ3) is 3.60. The van der Waals surface area contributed by atoms with E-state index in [0.717, 1.165) is 0 Å². The summed E-state index contributed by atoms with van der Waals surface area (Å²) in [6.07, 6.45) is 0.399. The maximum Gasteiger partial charge on any atom is 0.133 e. The monoisotopic (exact) mass is 299 g/mol. The summed E-state index contributed by atoms with van der Waals surface area (Å²) in [6, 6.07) is 9.47. The van der Waals surface area contributed by atoms with Crippen molar-refractivity contribution in [1.82, 2.24) is 0 Å². The SMILES string of the molecule is NCCc1c(F)cccc1Oc1cc(Cl)cc(Cl)c1. The molecule has 0 aromatic heterocycles. The van der Waals surface area contributed by atoms with Crippen molar-refractivity contribution in [2.45, 2.75) is 6.42 Å². The van der Waals surface area contributed by atoms with E-state index in [1.807, 2.05) is 0 Å². The van der Waals surface area contributed by atoms with Crippen LogP contribution in [0.5, 0.6) is 11.5 Å². The van der Waals surface area contributed by atoms with Crippen LogP contribution in [0, 0.1) is 5.82 Å². The van der Waals surface area contributed by atoms with Gasteiger partial charge in [0.15, 0.2) is 0 Å². The van der Waals surface area contributed by atoms with Gasteiger partial charge in [-0.2, -0.15) is 0 Å². The maximum atomic E-state index is 13.7. The molecule has 0 amide bonds. The largest absolute Gasteiger partial charge is 0.457 e. The van der Waals surface area contributed by atoms with Crippen LogP contribution in [-0.4, -0.2) is 6.54 Å². The molecular formula is C14H12Cl2FNO. The van der Waals surface area contributed by atoms with Crippen molar-refractivity contribution in [3.05, 3.63) is 57.8 Å². The van der Waals surface area contributed by atoms with E-state index in [9.17, 15) is 4.39 Å². The van der Waals surface area contributed by atoms with Crippen LogP contribution in [0.3, 0.4) is 0 Å². The first kappa shape index (κ1) is 14.1. The van der Waals surface area contributed by atoms with Gasteiger partial charge in [-0.1, -0.05) is 29.3 Å². The first-order valence-corrected chi connectivity index (χ1v) is 6.47. The van der Waals surface area contributed by atoms with Crippen LogP contribution < -0.4 is 10.5 Å². The highest BCUT2D eigenvalue weighted by atomic mass is 35.5. The molecule has 2 N–H and O–H groups in total. The van der Waals surface area contributed by atoms with E-state index in [1.54, 1.807) is 30.3 Å². The number of halogens is 3. The van der Waals surface area contributed by atoms with Gasteiger partial charge in [0.2, 0.25) is 0 Å². The van der Waals surface area contributed by atoms with Crippen molar-refractivity contribution < 1.29 is 9.13 Å². The molecule has 0 spiro atoms. The third-order valence-electron chi connectivity index (χ3n) is 2.53. The van der Waals surface area contributed by atoms with Crippen LogP contribution in [-0.2, 0) is 6.42 Å². The van der Waals surface area contributed by atoms with E-state index < -0.39 is 0 Å². The minimum atomic E-state index is -0.337. The molecule has 0 aliphatic rings. The van der Waals surface area contributed by atoms with E-state index >= 15 is 0 Å². The van der Waals surface area contributed by atoms with E-state index in [0.29, 0.717) is 40.1 Å². The summed E-state index contributed by atoms with van der Waals surface area (Å²) in [7, 11) is 0. The molecule has 2 aromatic rings. The van der Waals surface area contributed by atoms with Gasteiger partial charge in [0.1, 0.15) is 17.3 Å². The number of hydrogen-bond donors (Lipinski definition) is 1. The predicted octanol–water partition coefficient (Wildman–Crippen LogP) is 4.43. The first-order valence-electron chi connectivity index (χ1n) is 5.71. The maximum absolute atomic E-state index is 13.7. The Kier molecular flexibility index (Phi) is 4.64. The van der Waals surface area contributed by atoms with E-state index in [1.165, 1.54) is 6.07 Å². The molecule has 0 bridgehead atoms. The van der Waals surface area contributed by atoms with E-state index in [-0.39, 0.29) is 5.82 Å². The molecule has 2 aromatic carbocycles. The summed E-state index contributed by atoms with van der Waals surface area (Å²) >= 11 is 11.8. The van der Waals surface area contributed by atoms with Crippen molar-refractivity contribution in [3.8, 4) is 11.5 Å². The van der Waals surface area contributed by atoms with Gasteiger partial charge < -0.3 is 10.5 Å². The lowest BCUT2D eigenvalue weighted by Gasteiger charge is -2.12. The Morgan fingerprint density at radius 3 is 2.42 bits per heavy atom. The van der Waals surface area contributed by atoms with Gasteiger partial charge >= 0.3 is 0 Å². The first-order chi connectivity index (χ1) is 9.10. The second-order valence-corrected chi connectivity index (χ2v) is 4.84. The highest BCUT2D eigenvalue weighted by Gasteiger charge is 2.10. The Balaban J connectivity index is 2.34. The highest BCUT2D eigenvalue weighted by Crippen LogP contribution is 2.31. The molecular weight excluding hydrogens is 288 g/mol. The molecule has 2 nitrogen and oxygen atoms in total. The molecule has 0 atom stereocenters. The van der Waals surface area contributed by atoms with Gasteiger partial charge in [0.25, 0.3) is 0 Å². The number of hydrogen-bond acceptors (Lipinski definition) is 2. The fourth-order valence-corrected chi connectivity index (χ4v) is 2.24. The minimum Gasteiger partial charge on any atom is -0.457 e. The minimum absolute atomic E-state index is 0.337. The predicted molar refractivity (Wildman–Crippen MR) is 75.7 cm³/mol. The quantitative estimate of drug-likeness (QED) is 0.906. The topological polar surface area (TPSA) is 35.2 Å². The van der Waals surface area contributed by atoms with Crippen LogP contribution in [0.25, 0.3) is 0 Å². The summed E-state index contributed by atoms with van der Waals surface area (Å²) in [5.41, 5.74) is 5.92. The fraction of sp³-hybridized carbons (Fsp3) is 0.143. The lowest BCUT2D eigenvalue weighted by atomic mass is 10.1. The Hall–Kier alpha value is -1.29. The summed E-state index contributed by atoms with van der Waals surface area (Å²) in [4.78, 5) is 0. The van der Waals surface area contributed by atoms with Crippen LogP contribution in [0.1, 0.15) is 5.56 Å². The second kappa shape index (κ2) is 6.24. The molecule has 0 aliphatic heterocycles. The average molecular weight is 300 g/mol. The number of benzene rings is 2. The lowest BCUT2D eigenvalue weighted by molar-refractivity contribution is 0.467. The van der Waals surface area contributed by atoms with Crippen LogP contribution >= 0.6 is 23.2 Å². The summed E-state index contributed by atoms with van der Waals surface area (Å²) in [5, 5.41) is 0.915. The molecule has 2 rings (SSSR count). The standard InChI is InChI=1S/C14H12Cl2FNO/c15-9-6-10(16)8-11(7-9)19-14-3-1-2-13(17)12(14)4-5-18/h1-3,6-8H,4-5,18H2.